The second kappa shape index (κ2) is 4.91. The average molecular weight is 266 g/mol. The molecule has 0 aliphatic rings. The van der Waals surface area contributed by atoms with Crippen LogP contribution in [0.1, 0.15) is 18.4 Å². The maximum absolute atomic E-state index is 11.8. The highest BCUT2D eigenvalue weighted by Crippen LogP contribution is 2.23. The summed E-state index contributed by atoms with van der Waals surface area (Å²) in [6.07, 6.45) is 0. The van der Waals surface area contributed by atoms with Crippen molar-refractivity contribution >= 4 is 27.5 Å². The molecule has 18 heavy (non-hydrogen) atoms. The van der Waals surface area contributed by atoms with Crippen molar-refractivity contribution in [3.63, 3.8) is 0 Å². The van der Waals surface area contributed by atoms with Gasteiger partial charge in [-0.2, -0.15) is 0 Å². The van der Waals surface area contributed by atoms with Crippen LogP contribution in [-0.4, -0.2) is 17.6 Å². The van der Waals surface area contributed by atoms with Crippen LogP contribution in [0.2, 0.25) is 0 Å². The minimum atomic E-state index is -0.377. The Bertz CT molecular complexity index is 644. The van der Waals surface area contributed by atoms with E-state index in [1.54, 1.807) is 18.6 Å². The van der Waals surface area contributed by atoms with E-state index in [1.807, 2.05) is 18.2 Å². The summed E-state index contributed by atoms with van der Waals surface area (Å²) < 4.78 is 7.38. The van der Waals surface area contributed by atoms with E-state index in [-0.39, 0.29) is 23.4 Å². The number of hydrogen-bond acceptors (Lipinski definition) is 4. The van der Waals surface area contributed by atoms with E-state index in [1.165, 1.54) is 0 Å². The van der Waals surface area contributed by atoms with Crippen LogP contribution in [0, 0.1) is 0 Å². The Morgan fingerprint density at radius 1 is 1.56 bits per heavy atom. The zero-order valence-electron chi connectivity index (χ0n) is 10.2. The van der Waals surface area contributed by atoms with Gasteiger partial charge in [-0.1, -0.05) is 17.4 Å². The molecule has 2 N–H and O–H groups in total. The molecule has 0 saturated carbocycles. The Labute approximate surface area is 108 Å². The molecule has 0 saturated heterocycles. The van der Waals surface area contributed by atoms with Crippen LogP contribution in [0.15, 0.2) is 23.0 Å². The maximum Gasteiger partial charge on any atom is 0.310 e. The fourth-order valence-electron chi connectivity index (χ4n) is 1.77. The molecule has 2 rings (SSSR count). The van der Waals surface area contributed by atoms with Crippen LogP contribution in [-0.2, 0) is 16.3 Å². The molecule has 0 fully saturated rings. The molecule has 1 unspecified atom stereocenters. The molecular weight excluding hydrogens is 252 g/mol. The lowest BCUT2D eigenvalue weighted by atomic mass is 10.0. The Balaban J connectivity index is 2.54. The standard InChI is InChI=1S/C12H14N2O3S/c1-7(11(13)15)8-3-4-9-10(5-8)18-12(16)14(9)6-17-2/h3-5,7H,6H2,1-2H3,(H2,13,15). The summed E-state index contributed by atoms with van der Waals surface area (Å²) in [5.41, 5.74) is 6.90. The number of rotatable bonds is 4. The summed E-state index contributed by atoms with van der Waals surface area (Å²) in [5, 5.41) is 0. The number of nitrogens with two attached hydrogens (primary N) is 1. The van der Waals surface area contributed by atoms with E-state index in [0.29, 0.717) is 0 Å². The van der Waals surface area contributed by atoms with Crippen LogP contribution >= 0.6 is 11.3 Å². The molecule has 1 atom stereocenters. The zero-order valence-corrected chi connectivity index (χ0v) is 11.0. The van der Waals surface area contributed by atoms with Gasteiger partial charge in [0, 0.05) is 7.11 Å². The fourth-order valence-corrected chi connectivity index (χ4v) is 2.70. The van der Waals surface area contributed by atoms with Crippen molar-refractivity contribution in [1.29, 1.82) is 0 Å². The maximum atomic E-state index is 11.8. The number of hydrogen-bond donors (Lipinski definition) is 1. The number of carbonyl (C=O) groups excluding carboxylic acids is 1. The normalized spacial score (nSPS) is 12.8. The third-order valence-corrected chi connectivity index (χ3v) is 3.82. The summed E-state index contributed by atoms with van der Waals surface area (Å²) in [6, 6.07) is 5.47. The van der Waals surface area contributed by atoms with Crippen molar-refractivity contribution in [1.82, 2.24) is 4.57 Å². The second-order valence-electron chi connectivity index (χ2n) is 4.06. The van der Waals surface area contributed by atoms with Gasteiger partial charge in [0.1, 0.15) is 6.73 Å². The molecule has 0 bridgehead atoms. The van der Waals surface area contributed by atoms with Gasteiger partial charge in [-0.05, 0) is 24.6 Å². The van der Waals surface area contributed by atoms with Crippen molar-refractivity contribution in [3.05, 3.63) is 33.4 Å². The number of thiazole rings is 1. The van der Waals surface area contributed by atoms with Gasteiger partial charge in [0.15, 0.2) is 0 Å². The van der Waals surface area contributed by atoms with Crippen molar-refractivity contribution in [3.8, 4) is 0 Å². The molecular formula is C12H14N2O3S. The number of aromatic nitrogens is 1. The average Bonchev–Trinajstić information content (AvgIpc) is 2.64. The van der Waals surface area contributed by atoms with E-state index < -0.39 is 0 Å². The lowest BCUT2D eigenvalue weighted by Crippen LogP contribution is -2.18. The van der Waals surface area contributed by atoms with Gasteiger partial charge >= 0.3 is 4.87 Å². The molecule has 1 heterocycles. The van der Waals surface area contributed by atoms with E-state index in [4.69, 9.17) is 10.5 Å². The molecule has 5 nitrogen and oxygen atoms in total. The second-order valence-corrected chi connectivity index (χ2v) is 5.06. The van der Waals surface area contributed by atoms with Gasteiger partial charge < -0.3 is 10.5 Å². The van der Waals surface area contributed by atoms with E-state index in [0.717, 1.165) is 27.1 Å². The van der Waals surface area contributed by atoms with E-state index in [2.05, 4.69) is 0 Å². The first-order valence-corrected chi connectivity index (χ1v) is 6.27. The van der Waals surface area contributed by atoms with Crippen molar-refractivity contribution in [2.45, 2.75) is 19.6 Å². The molecule has 0 aliphatic carbocycles. The predicted molar refractivity (Wildman–Crippen MR) is 70.7 cm³/mol. The van der Waals surface area contributed by atoms with Crippen LogP contribution in [0.3, 0.4) is 0 Å². The van der Waals surface area contributed by atoms with Crippen molar-refractivity contribution in [2.75, 3.05) is 7.11 Å². The number of nitrogens with zero attached hydrogens (tertiary/aromatic N) is 1. The molecule has 96 valence electrons. The number of primary amides is 1. The largest absolute Gasteiger partial charge is 0.369 e. The van der Waals surface area contributed by atoms with E-state index in [9.17, 15) is 9.59 Å². The fraction of sp³-hybridized carbons (Fsp3) is 0.333. The van der Waals surface area contributed by atoms with E-state index >= 15 is 0 Å². The number of carbonyl (C=O) groups is 1. The summed E-state index contributed by atoms with van der Waals surface area (Å²) in [5.74, 6) is -0.736. The van der Waals surface area contributed by atoms with Gasteiger partial charge in [0.2, 0.25) is 5.91 Å². The molecule has 0 spiro atoms. The van der Waals surface area contributed by atoms with Crippen LogP contribution in [0.4, 0.5) is 0 Å². The zero-order chi connectivity index (χ0) is 13.3. The third-order valence-electron chi connectivity index (χ3n) is 2.88. The van der Waals surface area contributed by atoms with Gasteiger partial charge in [0.25, 0.3) is 0 Å². The Kier molecular flexibility index (Phi) is 3.49. The van der Waals surface area contributed by atoms with Crippen LogP contribution in [0.5, 0.6) is 0 Å². The summed E-state index contributed by atoms with van der Waals surface area (Å²) >= 11 is 1.14. The summed E-state index contributed by atoms with van der Waals surface area (Å²) in [7, 11) is 1.54. The van der Waals surface area contributed by atoms with Crippen molar-refractivity contribution < 1.29 is 9.53 Å². The van der Waals surface area contributed by atoms with Gasteiger partial charge in [-0.3, -0.25) is 14.2 Å². The molecule has 0 aliphatic heterocycles. The van der Waals surface area contributed by atoms with Gasteiger partial charge in [-0.25, -0.2) is 0 Å². The molecule has 1 aromatic heterocycles. The van der Waals surface area contributed by atoms with Gasteiger partial charge in [-0.15, -0.1) is 0 Å². The van der Waals surface area contributed by atoms with Gasteiger partial charge in [0.05, 0.1) is 16.1 Å². The quantitative estimate of drug-likeness (QED) is 0.905. The molecule has 2 aromatic rings. The number of methoxy groups -OCH3 is 1. The van der Waals surface area contributed by atoms with Crippen LogP contribution < -0.4 is 10.6 Å². The molecule has 1 aromatic carbocycles. The molecule has 6 heteroatoms. The minimum absolute atomic E-state index is 0.0734. The number of ether oxygens (including phenoxy) is 1. The SMILES string of the molecule is COCn1c(=O)sc2cc(C(C)C(N)=O)ccc21. The first kappa shape index (κ1) is 12.8. The number of fused-ring (bicyclic) bond motifs is 1. The molecule has 1 amide bonds. The van der Waals surface area contributed by atoms with Crippen molar-refractivity contribution in [2.24, 2.45) is 5.73 Å². The predicted octanol–water partition coefficient (Wildman–Crippen LogP) is 1.26. The topological polar surface area (TPSA) is 74.3 Å². The summed E-state index contributed by atoms with van der Waals surface area (Å²) in [4.78, 5) is 22.8. The minimum Gasteiger partial charge on any atom is -0.369 e. The highest BCUT2D eigenvalue weighted by Gasteiger charge is 2.14. The molecule has 0 radical (unpaired) electrons. The first-order chi connectivity index (χ1) is 8.54. The number of benzene rings is 1. The lowest BCUT2D eigenvalue weighted by Gasteiger charge is -2.07. The Morgan fingerprint density at radius 2 is 2.28 bits per heavy atom. The Hall–Kier alpha value is -1.66. The summed E-state index contributed by atoms with van der Waals surface area (Å²) in [6.45, 7) is 1.97. The third kappa shape index (κ3) is 2.16. The van der Waals surface area contributed by atoms with Crippen LogP contribution in [0.25, 0.3) is 10.2 Å². The smallest absolute Gasteiger partial charge is 0.310 e. The lowest BCUT2D eigenvalue weighted by molar-refractivity contribution is -0.119. The highest BCUT2D eigenvalue weighted by atomic mass is 32.1. The Morgan fingerprint density at radius 3 is 2.89 bits per heavy atom. The number of amides is 1. The highest BCUT2D eigenvalue weighted by molar-refractivity contribution is 7.16. The monoisotopic (exact) mass is 266 g/mol. The first-order valence-electron chi connectivity index (χ1n) is 5.46.